The molecule has 100 valence electrons. The Balaban J connectivity index is 2.12. The second kappa shape index (κ2) is 5.69. The molecule has 0 radical (unpaired) electrons. The third kappa shape index (κ3) is 2.83. The summed E-state index contributed by atoms with van der Waals surface area (Å²) in [5.74, 6) is 0.916. The number of aryl methyl sites for hydroxylation is 1. The Labute approximate surface area is 109 Å². The summed E-state index contributed by atoms with van der Waals surface area (Å²) in [5.41, 5.74) is 8.66. The van der Waals surface area contributed by atoms with Crippen molar-refractivity contribution in [3.63, 3.8) is 0 Å². The molecule has 2 unspecified atom stereocenters. The number of likely N-dealkylation sites (N-methyl/N-ethyl adjacent to an activating group) is 1. The first kappa shape index (κ1) is 13.3. The van der Waals surface area contributed by atoms with Gasteiger partial charge in [0.2, 0.25) is 0 Å². The molecule has 1 fully saturated rings. The molecule has 0 spiro atoms. The monoisotopic (exact) mass is 249 g/mol. The normalized spacial score (nSPS) is 22.8. The Kier molecular flexibility index (Phi) is 4.22. The molecule has 2 atom stereocenters. The summed E-state index contributed by atoms with van der Waals surface area (Å²) in [5, 5.41) is 3.50. The largest absolute Gasteiger partial charge is 0.496 e. The van der Waals surface area contributed by atoms with Crippen molar-refractivity contribution >= 4 is 0 Å². The van der Waals surface area contributed by atoms with Crippen LogP contribution in [0.25, 0.3) is 0 Å². The first-order chi connectivity index (χ1) is 8.61. The van der Waals surface area contributed by atoms with Gasteiger partial charge < -0.3 is 20.7 Å². The Morgan fingerprint density at radius 3 is 2.89 bits per heavy atom. The van der Waals surface area contributed by atoms with Gasteiger partial charge in [0.15, 0.2) is 0 Å². The van der Waals surface area contributed by atoms with Crippen molar-refractivity contribution in [2.75, 3.05) is 33.8 Å². The lowest BCUT2D eigenvalue weighted by Gasteiger charge is -2.34. The Bertz CT molecular complexity index is 408. The van der Waals surface area contributed by atoms with Gasteiger partial charge >= 0.3 is 0 Å². The van der Waals surface area contributed by atoms with Gasteiger partial charge in [0.1, 0.15) is 5.75 Å². The molecule has 3 N–H and O–H groups in total. The molecule has 2 rings (SSSR count). The standard InChI is InChI=1S/C14H23N3O/c1-10-8-11(4-5-13(10)18-3)14(15)12-9-17(2)7-6-16-12/h4-5,8,12,14,16H,6-7,9,15H2,1-3H3. The van der Waals surface area contributed by atoms with E-state index in [0.29, 0.717) is 6.04 Å². The van der Waals surface area contributed by atoms with Crippen molar-refractivity contribution in [3.05, 3.63) is 29.3 Å². The second-order valence-electron chi connectivity index (χ2n) is 5.08. The van der Waals surface area contributed by atoms with Gasteiger partial charge in [0, 0.05) is 31.7 Å². The van der Waals surface area contributed by atoms with Crippen molar-refractivity contribution in [1.82, 2.24) is 10.2 Å². The van der Waals surface area contributed by atoms with E-state index in [2.05, 4.69) is 36.3 Å². The highest BCUT2D eigenvalue weighted by molar-refractivity contribution is 5.37. The van der Waals surface area contributed by atoms with Gasteiger partial charge in [-0.2, -0.15) is 0 Å². The molecule has 1 aliphatic rings. The highest BCUT2D eigenvalue weighted by atomic mass is 16.5. The van der Waals surface area contributed by atoms with Gasteiger partial charge in [-0.3, -0.25) is 0 Å². The number of rotatable bonds is 3. The van der Waals surface area contributed by atoms with E-state index < -0.39 is 0 Å². The maximum absolute atomic E-state index is 6.36. The van der Waals surface area contributed by atoms with Gasteiger partial charge in [-0.1, -0.05) is 12.1 Å². The molecule has 1 heterocycles. The average Bonchev–Trinajstić information content (AvgIpc) is 2.37. The highest BCUT2D eigenvalue weighted by Crippen LogP contribution is 2.23. The molecule has 0 saturated carbocycles. The third-order valence-electron chi connectivity index (χ3n) is 3.65. The van der Waals surface area contributed by atoms with Gasteiger partial charge in [-0.25, -0.2) is 0 Å². The number of piperazine rings is 1. The zero-order chi connectivity index (χ0) is 13.1. The maximum Gasteiger partial charge on any atom is 0.121 e. The summed E-state index contributed by atoms with van der Waals surface area (Å²) in [6, 6.07) is 6.53. The Hall–Kier alpha value is -1.10. The molecule has 0 aliphatic carbocycles. The summed E-state index contributed by atoms with van der Waals surface area (Å²) in [6.45, 7) is 5.14. The second-order valence-corrected chi connectivity index (χ2v) is 5.08. The van der Waals surface area contributed by atoms with Crippen molar-refractivity contribution in [1.29, 1.82) is 0 Å². The van der Waals surface area contributed by atoms with Crippen LogP contribution in [0, 0.1) is 6.92 Å². The third-order valence-corrected chi connectivity index (χ3v) is 3.65. The molecule has 0 aromatic heterocycles. The molecule has 1 aromatic rings. The molecule has 0 bridgehead atoms. The van der Waals surface area contributed by atoms with Crippen LogP contribution < -0.4 is 15.8 Å². The number of nitrogens with two attached hydrogens (primary N) is 1. The summed E-state index contributed by atoms with van der Waals surface area (Å²) >= 11 is 0. The molecule has 1 aliphatic heterocycles. The number of hydrogen-bond donors (Lipinski definition) is 2. The minimum absolute atomic E-state index is 0.0253. The summed E-state index contributed by atoms with van der Waals surface area (Å²) in [4.78, 5) is 2.32. The van der Waals surface area contributed by atoms with Crippen LogP contribution in [-0.2, 0) is 0 Å². The molecule has 1 aromatic carbocycles. The lowest BCUT2D eigenvalue weighted by atomic mass is 9.97. The fourth-order valence-electron chi connectivity index (χ4n) is 2.51. The SMILES string of the molecule is COc1ccc(C(N)C2CN(C)CCN2)cc1C. The van der Waals surface area contributed by atoms with Crippen LogP contribution in [0.2, 0.25) is 0 Å². The average molecular weight is 249 g/mol. The van der Waals surface area contributed by atoms with E-state index in [1.165, 1.54) is 5.56 Å². The van der Waals surface area contributed by atoms with Crippen LogP contribution in [0.5, 0.6) is 5.75 Å². The van der Waals surface area contributed by atoms with Crippen molar-refractivity contribution in [2.24, 2.45) is 5.73 Å². The lowest BCUT2D eigenvalue weighted by molar-refractivity contribution is 0.220. The minimum atomic E-state index is 0.0253. The van der Waals surface area contributed by atoms with E-state index in [1.807, 2.05) is 6.07 Å². The lowest BCUT2D eigenvalue weighted by Crippen LogP contribution is -2.53. The molecule has 0 amide bonds. The quantitative estimate of drug-likeness (QED) is 0.836. The van der Waals surface area contributed by atoms with E-state index in [4.69, 9.17) is 10.5 Å². The zero-order valence-corrected chi connectivity index (χ0v) is 11.4. The molecule has 1 saturated heterocycles. The molecular weight excluding hydrogens is 226 g/mol. The van der Waals surface area contributed by atoms with Crippen LogP contribution >= 0.6 is 0 Å². The van der Waals surface area contributed by atoms with Crippen molar-refractivity contribution in [3.8, 4) is 5.75 Å². The van der Waals surface area contributed by atoms with Gasteiger partial charge in [0.05, 0.1) is 7.11 Å². The van der Waals surface area contributed by atoms with Gasteiger partial charge in [-0.15, -0.1) is 0 Å². The number of nitrogens with zero attached hydrogens (tertiary/aromatic N) is 1. The van der Waals surface area contributed by atoms with E-state index in [9.17, 15) is 0 Å². The molecular formula is C14H23N3O. The van der Waals surface area contributed by atoms with E-state index in [0.717, 1.165) is 30.9 Å². The fraction of sp³-hybridized carbons (Fsp3) is 0.571. The van der Waals surface area contributed by atoms with E-state index in [-0.39, 0.29) is 6.04 Å². The summed E-state index contributed by atoms with van der Waals surface area (Å²) in [6.07, 6.45) is 0. The van der Waals surface area contributed by atoms with E-state index in [1.54, 1.807) is 7.11 Å². The summed E-state index contributed by atoms with van der Waals surface area (Å²) in [7, 11) is 3.83. The van der Waals surface area contributed by atoms with Gasteiger partial charge in [-0.05, 0) is 31.2 Å². The number of benzene rings is 1. The summed E-state index contributed by atoms with van der Waals surface area (Å²) < 4.78 is 5.28. The molecule has 4 nitrogen and oxygen atoms in total. The van der Waals surface area contributed by atoms with E-state index >= 15 is 0 Å². The molecule has 4 heteroatoms. The number of ether oxygens (including phenoxy) is 1. The Morgan fingerprint density at radius 1 is 1.50 bits per heavy atom. The first-order valence-electron chi connectivity index (χ1n) is 6.44. The van der Waals surface area contributed by atoms with Crippen molar-refractivity contribution in [2.45, 2.75) is 19.0 Å². The fourth-order valence-corrected chi connectivity index (χ4v) is 2.51. The smallest absolute Gasteiger partial charge is 0.121 e. The molecule has 18 heavy (non-hydrogen) atoms. The predicted octanol–water partition coefficient (Wildman–Crippen LogP) is 0.907. The van der Waals surface area contributed by atoms with Crippen LogP contribution in [0.15, 0.2) is 18.2 Å². The number of nitrogens with one attached hydrogen (secondary N) is 1. The van der Waals surface area contributed by atoms with Crippen LogP contribution in [0.3, 0.4) is 0 Å². The predicted molar refractivity (Wildman–Crippen MR) is 73.9 cm³/mol. The zero-order valence-electron chi connectivity index (χ0n) is 11.4. The van der Waals surface area contributed by atoms with Crippen LogP contribution in [0.1, 0.15) is 17.2 Å². The number of methoxy groups -OCH3 is 1. The Morgan fingerprint density at radius 2 is 2.28 bits per heavy atom. The van der Waals surface area contributed by atoms with Crippen LogP contribution in [-0.4, -0.2) is 44.7 Å². The van der Waals surface area contributed by atoms with Gasteiger partial charge in [0.25, 0.3) is 0 Å². The maximum atomic E-state index is 6.36. The number of hydrogen-bond acceptors (Lipinski definition) is 4. The minimum Gasteiger partial charge on any atom is -0.496 e. The highest BCUT2D eigenvalue weighted by Gasteiger charge is 2.24. The topological polar surface area (TPSA) is 50.5 Å². The van der Waals surface area contributed by atoms with Crippen LogP contribution in [0.4, 0.5) is 0 Å². The van der Waals surface area contributed by atoms with Crippen molar-refractivity contribution < 1.29 is 4.74 Å². The first-order valence-corrected chi connectivity index (χ1v) is 6.44.